The van der Waals surface area contributed by atoms with Crippen molar-refractivity contribution >= 4 is 22.9 Å². The maximum atomic E-state index is 5.96. The molecule has 6 heteroatoms. The Morgan fingerprint density at radius 1 is 1.18 bits per heavy atom. The Labute approximate surface area is 102 Å². The number of rotatable bonds is 1. The first-order valence-electron chi connectivity index (χ1n) is 4.97. The molecule has 0 amide bonds. The van der Waals surface area contributed by atoms with Crippen molar-refractivity contribution < 1.29 is 0 Å². The van der Waals surface area contributed by atoms with Gasteiger partial charge in [0, 0.05) is 22.5 Å². The molecular weight excluding hydrogens is 238 g/mol. The van der Waals surface area contributed by atoms with Crippen LogP contribution in [-0.2, 0) is 0 Å². The summed E-state index contributed by atoms with van der Waals surface area (Å²) in [6, 6.07) is 8.89. The lowest BCUT2D eigenvalue weighted by Gasteiger charge is -2.01. The van der Waals surface area contributed by atoms with E-state index >= 15 is 0 Å². The Morgan fingerprint density at radius 3 is 2.88 bits per heavy atom. The van der Waals surface area contributed by atoms with Gasteiger partial charge in [-0.05, 0) is 30.3 Å². The van der Waals surface area contributed by atoms with E-state index in [0.717, 1.165) is 5.56 Å². The van der Waals surface area contributed by atoms with E-state index in [4.69, 9.17) is 17.3 Å². The second-order valence-corrected chi connectivity index (χ2v) is 4.03. The average Bonchev–Trinajstić information content (AvgIpc) is 2.71. The molecule has 0 aliphatic rings. The minimum absolute atomic E-state index is 0.563. The van der Waals surface area contributed by atoms with Gasteiger partial charge in [0.1, 0.15) is 0 Å². The highest BCUT2D eigenvalue weighted by Gasteiger charge is 2.09. The zero-order valence-corrected chi connectivity index (χ0v) is 9.46. The highest BCUT2D eigenvalue weighted by atomic mass is 35.5. The Hall–Kier alpha value is -2.14. The normalized spacial score (nSPS) is 10.9. The summed E-state index contributed by atoms with van der Waals surface area (Å²) >= 11 is 5.96. The quantitative estimate of drug-likeness (QED) is 0.666. The Kier molecular flexibility index (Phi) is 2.19. The second kappa shape index (κ2) is 3.71. The molecule has 0 atom stereocenters. The third-order valence-electron chi connectivity index (χ3n) is 2.36. The van der Waals surface area contributed by atoms with Gasteiger partial charge >= 0.3 is 0 Å². The van der Waals surface area contributed by atoms with Crippen LogP contribution in [0, 0.1) is 0 Å². The summed E-state index contributed by atoms with van der Waals surface area (Å²) in [6.07, 6.45) is 1.67. The van der Waals surface area contributed by atoms with Crippen LogP contribution in [0.2, 0.25) is 5.02 Å². The zero-order chi connectivity index (χ0) is 11.8. The number of fused-ring (bicyclic) bond motifs is 1. The first kappa shape index (κ1) is 10.0. The molecule has 0 saturated carbocycles. The summed E-state index contributed by atoms with van der Waals surface area (Å²) < 4.78 is 1.64. The number of nitrogens with two attached hydrogens (primary N) is 1. The Morgan fingerprint density at radius 2 is 2.06 bits per heavy atom. The number of nitrogens with zero attached hydrogens (tertiary/aromatic N) is 4. The van der Waals surface area contributed by atoms with Gasteiger partial charge in [0.2, 0.25) is 0 Å². The number of nitrogen functional groups attached to an aromatic ring is 1. The Bertz CT molecular complexity index is 671. The third kappa shape index (κ3) is 1.70. The monoisotopic (exact) mass is 245 g/mol. The highest BCUT2D eigenvalue weighted by molar-refractivity contribution is 6.31. The number of hydrogen-bond donors (Lipinski definition) is 1. The van der Waals surface area contributed by atoms with Crippen molar-refractivity contribution in [3.63, 3.8) is 0 Å². The van der Waals surface area contributed by atoms with E-state index in [1.54, 1.807) is 35.0 Å². The van der Waals surface area contributed by atoms with Crippen molar-refractivity contribution in [1.82, 2.24) is 19.8 Å². The summed E-state index contributed by atoms with van der Waals surface area (Å²) in [5, 5.41) is 12.9. The standard InChI is InChI=1S/C11H8ClN5/c12-8-4-7(5-9(13)6-8)11-16-15-10-2-1-3-14-17(10)11/h1-6H,13H2. The van der Waals surface area contributed by atoms with Crippen LogP contribution in [-0.4, -0.2) is 19.8 Å². The number of anilines is 1. The van der Waals surface area contributed by atoms with Crippen LogP contribution in [0.15, 0.2) is 36.5 Å². The van der Waals surface area contributed by atoms with Gasteiger partial charge in [0.05, 0.1) is 0 Å². The summed E-state index contributed by atoms with van der Waals surface area (Å²) in [5.74, 6) is 0.620. The van der Waals surface area contributed by atoms with Crippen LogP contribution in [0.5, 0.6) is 0 Å². The molecule has 0 aliphatic heterocycles. The first-order chi connectivity index (χ1) is 8.24. The topological polar surface area (TPSA) is 69.1 Å². The number of aromatic nitrogens is 4. The van der Waals surface area contributed by atoms with Crippen LogP contribution in [0.1, 0.15) is 0 Å². The number of halogens is 1. The summed E-state index contributed by atoms with van der Waals surface area (Å²) in [4.78, 5) is 0. The van der Waals surface area contributed by atoms with Crippen molar-refractivity contribution in [3.8, 4) is 11.4 Å². The molecule has 0 aliphatic carbocycles. The fraction of sp³-hybridized carbons (Fsp3) is 0. The lowest BCUT2D eigenvalue weighted by atomic mass is 10.2. The number of benzene rings is 1. The molecule has 84 valence electrons. The maximum Gasteiger partial charge on any atom is 0.185 e. The summed E-state index contributed by atoms with van der Waals surface area (Å²) in [5.41, 5.74) is 7.81. The van der Waals surface area contributed by atoms with E-state index in [2.05, 4.69) is 15.3 Å². The first-order valence-corrected chi connectivity index (χ1v) is 5.35. The molecule has 0 saturated heterocycles. The van der Waals surface area contributed by atoms with Gasteiger partial charge in [0.25, 0.3) is 0 Å². The van der Waals surface area contributed by atoms with E-state index < -0.39 is 0 Å². The van der Waals surface area contributed by atoms with Gasteiger partial charge in [-0.3, -0.25) is 0 Å². The third-order valence-corrected chi connectivity index (χ3v) is 2.57. The van der Waals surface area contributed by atoms with Crippen LogP contribution in [0.4, 0.5) is 5.69 Å². The molecule has 0 radical (unpaired) electrons. The van der Waals surface area contributed by atoms with Crippen LogP contribution < -0.4 is 5.73 Å². The molecule has 3 rings (SSSR count). The predicted octanol–water partition coefficient (Wildman–Crippen LogP) is 2.03. The minimum Gasteiger partial charge on any atom is -0.399 e. The molecule has 2 N–H and O–H groups in total. The van der Waals surface area contributed by atoms with Crippen molar-refractivity contribution in [2.45, 2.75) is 0 Å². The highest BCUT2D eigenvalue weighted by Crippen LogP contribution is 2.24. The summed E-state index contributed by atoms with van der Waals surface area (Å²) in [7, 11) is 0. The molecule has 0 spiro atoms. The van der Waals surface area contributed by atoms with Crippen molar-refractivity contribution in [3.05, 3.63) is 41.6 Å². The second-order valence-electron chi connectivity index (χ2n) is 3.59. The smallest absolute Gasteiger partial charge is 0.185 e. The fourth-order valence-electron chi connectivity index (χ4n) is 1.67. The van der Waals surface area contributed by atoms with Gasteiger partial charge in [0.15, 0.2) is 11.5 Å². The SMILES string of the molecule is Nc1cc(Cl)cc(-c2nnc3cccnn23)c1. The van der Waals surface area contributed by atoms with Crippen molar-refractivity contribution in [2.75, 3.05) is 5.73 Å². The molecule has 17 heavy (non-hydrogen) atoms. The Balaban J connectivity index is 2.27. The lowest BCUT2D eigenvalue weighted by molar-refractivity contribution is 0.936. The average molecular weight is 246 g/mol. The molecule has 0 bridgehead atoms. The van der Waals surface area contributed by atoms with Crippen LogP contribution >= 0.6 is 11.6 Å². The molecule has 1 aromatic carbocycles. The van der Waals surface area contributed by atoms with Gasteiger partial charge in [-0.15, -0.1) is 10.2 Å². The van der Waals surface area contributed by atoms with E-state index in [9.17, 15) is 0 Å². The molecule has 5 nitrogen and oxygen atoms in total. The van der Waals surface area contributed by atoms with Crippen LogP contribution in [0.25, 0.3) is 17.0 Å². The maximum absolute atomic E-state index is 5.96. The van der Waals surface area contributed by atoms with Gasteiger partial charge in [-0.2, -0.15) is 9.61 Å². The molecule has 2 heterocycles. The summed E-state index contributed by atoms with van der Waals surface area (Å²) in [6.45, 7) is 0. The minimum atomic E-state index is 0.563. The molecule has 2 aromatic heterocycles. The van der Waals surface area contributed by atoms with E-state index in [0.29, 0.717) is 22.2 Å². The lowest BCUT2D eigenvalue weighted by Crippen LogP contribution is -1.94. The van der Waals surface area contributed by atoms with Crippen molar-refractivity contribution in [1.29, 1.82) is 0 Å². The van der Waals surface area contributed by atoms with Crippen molar-refractivity contribution in [2.24, 2.45) is 0 Å². The van der Waals surface area contributed by atoms with E-state index in [-0.39, 0.29) is 0 Å². The molecule has 3 aromatic rings. The largest absolute Gasteiger partial charge is 0.399 e. The van der Waals surface area contributed by atoms with Gasteiger partial charge in [-0.1, -0.05) is 11.6 Å². The van der Waals surface area contributed by atoms with Gasteiger partial charge in [-0.25, -0.2) is 0 Å². The molecular formula is C11H8ClN5. The predicted molar refractivity (Wildman–Crippen MR) is 65.6 cm³/mol. The van der Waals surface area contributed by atoms with Gasteiger partial charge < -0.3 is 5.73 Å². The van der Waals surface area contributed by atoms with E-state index in [1.807, 2.05) is 6.07 Å². The number of hydrogen-bond acceptors (Lipinski definition) is 4. The zero-order valence-electron chi connectivity index (χ0n) is 8.71. The van der Waals surface area contributed by atoms with Crippen LogP contribution in [0.3, 0.4) is 0 Å². The van der Waals surface area contributed by atoms with E-state index in [1.165, 1.54) is 0 Å². The molecule has 0 unspecified atom stereocenters. The molecule has 0 fully saturated rings. The fourth-order valence-corrected chi connectivity index (χ4v) is 1.91.